The van der Waals surface area contributed by atoms with Gasteiger partial charge in [0.25, 0.3) is 5.91 Å². The third-order valence-corrected chi connectivity index (χ3v) is 6.43. The van der Waals surface area contributed by atoms with Crippen molar-refractivity contribution in [2.24, 2.45) is 0 Å². The van der Waals surface area contributed by atoms with Crippen molar-refractivity contribution in [3.05, 3.63) is 23.8 Å². The van der Waals surface area contributed by atoms with E-state index in [0.717, 1.165) is 12.8 Å². The van der Waals surface area contributed by atoms with Gasteiger partial charge in [-0.25, -0.2) is 13.2 Å². The van der Waals surface area contributed by atoms with Gasteiger partial charge in [0, 0.05) is 12.6 Å². The molecular weight excluding hydrogens is 386 g/mol. The summed E-state index contributed by atoms with van der Waals surface area (Å²) in [7, 11) is -0.285. The summed E-state index contributed by atoms with van der Waals surface area (Å²) in [6, 6.07) is 4.49. The van der Waals surface area contributed by atoms with Crippen molar-refractivity contribution in [1.29, 1.82) is 0 Å². The lowest BCUT2D eigenvalue weighted by atomic mass is 10.1. The molecule has 0 radical (unpaired) electrons. The van der Waals surface area contributed by atoms with E-state index in [4.69, 9.17) is 14.2 Å². The summed E-state index contributed by atoms with van der Waals surface area (Å²) in [6.45, 7) is 1.95. The van der Waals surface area contributed by atoms with Gasteiger partial charge in [0.2, 0.25) is 0 Å². The van der Waals surface area contributed by atoms with Gasteiger partial charge in [-0.3, -0.25) is 4.79 Å². The first-order valence-corrected chi connectivity index (χ1v) is 11.0. The van der Waals surface area contributed by atoms with Gasteiger partial charge in [0.05, 0.1) is 25.7 Å². The molecule has 1 aliphatic heterocycles. The maximum Gasteiger partial charge on any atom is 0.346 e. The van der Waals surface area contributed by atoms with Crippen molar-refractivity contribution < 1.29 is 32.2 Å². The van der Waals surface area contributed by atoms with E-state index in [1.165, 1.54) is 19.1 Å². The highest BCUT2D eigenvalue weighted by Gasteiger charge is 2.34. The Kier molecular flexibility index (Phi) is 7.68. The van der Waals surface area contributed by atoms with E-state index in [1.807, 2.05) is 6.92 Å². The fraction of sp³-hybridized carbons (Fsp3) is 0.579. The molecule has 2 rings (SSSR count). The number of sulfone groups is 1. The zero-order valence-electron chi connectivity index (χ0n) is 16.5. The van der Waals surface area contributed by atoms with Gasteiger partial charge < -0.3 is 19.1 Å². The number of hydrogen-bond acceptors (Lipinski definition) is 7. The maximum absolute atomic E-state index is 12.7. The fourth-order valence-electron chi connectivity index (χ4n) is 3.20. The molecule has 1 aliphatic rings. The summed E-state index contributed by atoms with van der Waals surface area (Å²) >= 11 is 0. The van der Waals surface area contributed by atoms with Crippen LogP contribution in [0.5, 0.6) is 11.5 Å². The van der Waals surface area contributed by atoms with Gasteiger partial charge in [-0.15, -0.1) is 0 Å². The molecule has 1 atom stereocenters. The molecule has 8 nitrogen and oxygen atoms in total. The van der Waals surface area contributed by atoms with Crippen LogP contribution in [-0.4, -0.2) is 70.1 Å². The molecule has 1 fully saturated rings. The van der Waals surface area contributed by atoms with Crippen molar-refractivity contribution in [2.75, 3.05) is 38.9 Å². The summed E-state index contributed by atoms with van der Waals surface area (Å²) in [5, 5.41) is 0. The molecule has 1 amide bonds. The lowest BCUT2D eigenvalue weighted by Crippen LogP contribution is -2.43. The highest BCUT2D eigenvalue weighted by atomic mass is 32.2. The average molecular weight is 413 g/mol. The Bertz CT molecular complexity index is 784. The largest absolute Gasteiger partial charge is 0.496 e. The Labute approximate surface area is 165 Å². The van der Waals surface area contributed by atoms with Crippen LogP contribution in [0, 0.1) is 0 Å². The van der Waals surface area contributed by atoms with Crippen molar-refractivity contribution >= 4 is 21.7 Å². The van der Waals surface area contributed by atoms with Gasteiger partial charge >= 0.3 is 5.97 Å². The number of ether oxygens (including phenoxy) is 3. The Balaban J connectivity index is 2.09. The first-order valence-electron chi connectivity index (χ1n) is 9.21. The number of carbonyl (C=O) groups excluding carboxylic acids is 2. The van der Waals surface area contributed by atoms with Crippen molar-refractivity contribution in [3.63, 3.8) is 0 Å². The van der Waals surface area contributed by atoms with Crippen LogP contribution in [-0.2, 0) is 19.4 Å². The second-order valence-corrected chi connectivity index (χ2v) is 8.84. The summed E-state index contributed by atoms with van der Waals surface area (Å²) in [5.74, 6) is -0.555. The summed E-state index contributed by atoms with van der Waals surface area (Å²) in [6.07, 6.45) is 2.02. The predicted molar refractivity (Wildman–Crippen MR) is 104 cm³/mol. The molecule has 156 valence electrons. The van der Waals surface area contributed by atoms with Gasteiger partial charge in [0.15, 0.2) is 16.4 Å². The van der Waals surface area contributed by atoms with E-state index in [2.05, 4.69) is 0 Å². The normalized spacial score (nSPS) is 17.8. The van der Waals surface area contributed by atoms with Crippen LogP contribution in [0.4, 0.5) is 0 Å². The monoisotopic (exact) mass is 413 g/mol. The molecule has 1 aromatic rings. The minimum absolute atomic E-state index is 0.0449. The van der Waals surface area contributed by atoms with Gasteiger partial charge in [0.1, 0.15) is 17.1 Å². The van der Waals surface area contributed by atoms with Crippen molar-refractivity contribution in [3.8, 4) is 11.5 Å². The standard InChI is InChI=1S/C19H27NO7S/c1-4-5-10-20(14-9-11-28(23,24)13-14)17(21)12-27-19(22)18-15(25-2)7-6-8-16(18)26-3/h6-8,14H,4-5,9-13H2,1-3H3/t14-/m0/s1. The van der Waals surface area contributed by atoms with Crippen LogP contribution < -0.4 is 9.47 Å². The predicted octanol–water partition coefficient (Wildman–Crippen LogP) is 1.68. The second kappa shape index (κ2) is 9.77. The number of hydrogen-bond donors (Lipinski definition) is 0. The number of unbranched alkanes of at least 4 members (excludes halogenated alkanes) is 1. The number of methoxy groups -OCH3 is 2. The highest BCUT2D eigenvalue weighted by molar-refractivity contribution is 7.91. The lowest BCUT2D eigenvalue weighted by molar-refractivity contribution is -0.136. The zero-order valence-corrected chi connectivity index (χ0v) is 17.3. The molecule has 0 saturated carbocycles. The number of carbonyl (C=O) groups is 2. The van der Waals surface area contributed by atoms with E-state index in [-0.39, 0.29) is 34.6 Å². The molecule has 1 aromatic carbocycles. The third kappa shape index (κ3) is 5.37. The Hall–Kier alpha value is -2.29. The minimum Gasteiger partial charge on any atom is -0.496 e. The molecule has 1 heterocycles. The summed E-state index contributed by atoms with van der Waals surface area (Å²) in [5.41, 5.74) is 0.101. The van der Waals surface area contributed by atoms with Crippen molar-refractivity contribution in [2.45, 2.75) is 32.2 Å². The van der Waals surface area contributed by atoms with E-state index in [9.17, 15) is 18.0 Å². The molecule has 0 aromatic heterocycles. The lowest BCUT2D eigenvalue weighted by Gasteiger charge is -2.28. The molecule has 0 unspecified atom stereocenters. The van der Waals surface area contributed by atoms with Gasteiger partial charge in [-0.05, 0) is 25.0 Å². The van der Waals surface area contributed by atoms with Crippen molar-refractivity contribution in [1.82, 2.24) is 4.90 Å². The van der Waals surface area contributed by atoms with E-state index in [0.29, 0.717) is 13.0 Å². The van der Waals surface area contributed by atoms with Crippen LogP contribution >= 0.6 is 0 Å². The molecule has 9 heteroatoms. The Morgan fingerprint density at radius 2 is 1.82 bits per heavy atom. The molecule has 1 saturated heterocycles. The first kappa shape index (κ1) is 22.0. The third-order valence-electron chi connectivity index (χ3n) is 4.68. The van der Waals surface area contributed by atoms with E-state index in [1.54, 1.807) is 18.2 Å². The number of rotatable bonds is 9. The Morgan fingerprint density at radius 3 is 2.32 bits per heavy atom. The zero-order chi connectivity index (χ0) is 20.7. The summed E-state index contributed by atoms with van der Waals surface area (Å²) < 4.78 is 39.1. The fourth-order valence-corrected chi connectivity index (χ4v) is 4.93. The Morgan fingerprint density at radius 1 is 1.18 bits per heavy atom. The summed E-state index contributed by atoms with van der Waals surface area (Å²) in [4.78, 5) is 26.7. The molecule has 0 aliphatic carbocycles. The number of esters is 1. The molecule has 0 N–H and O–H groups in total. The van der Waals surface area contributed by atoms with Crippen LogP contribution in [0.15, 0.2) is 18.2 Å². The van der Waals surface area contributed by atoms with Crippen LogP contribution in [0.3, 0.4) is 0 Å². The topological polar surface area (TPSA) is 99.2 Å². The quantitative estimate of drug-likeness (QED) is 0.568. The molecule has 0 spiro atoms. The van der Waals surface area contributed by atoms with Crippen LogP contribution in [0.25, 0.3) is 0 Å². The number of benzene rings is 1. The minimum atomic E-state index is -3.13. The van der Waals surface area contributed by atoms with Crippen LogP contribution in [0.1, 0.15) is 36.5 Å². The SMILES string of the molecule is CCCCN(C(=O)COC(=O)c1c(OC)cccc1OC)[C@H]1CCS(=O)(=O)C1. The van der Waals surface area contributed by atoms with Gasteiger partial charge in [-0.1, -0.05) is 19.4 Å². The van der Waals surface area contributed by atoms with Crippen LogP contribution in [0.2, 0.25) is 0 Å². The average Bonchev–Trinajstić information content (AvgIpc) is 3.04. The molecule has 28 heavy (non-hydrogen) atoms. The smallest absolute Gasteiger partial charge is 0.346 e. The maximum atomic E-state index is 12.7. The second-order valence-electron chi connectivity index (χ2n) is 6.61. The van der Waals surface area contributed by atoms with E-state index < -0.39 is 28.3 Å². The number of nitrogens with zero attached hydrogens (tertiary/aromatic N) is 1. The molecular formula is C19H27NO7S. The first-order chi connectivity index (χ1) is 13.3. The number of amides is 1. The van der Waals surface area contributed by atoms with E-state index >= 15 is 0 Å². The van der Waals surface area contributed by atoms with Gasteiger partial charge in [-0.2, -0.15) is 0 Å². The highest BCUT2D eigenvalue weighted by Crippen LogP contribution is 2.29. The molecule has 0 bridgehead atoms.